The molecule has 3 N–H and O–H groups in total. The lowest BCUT2D eigenvalue weighted by atomic mass is 10.1. The molecule has 0 aliphatic carbocycles. The lowest BCUT2D eigenvalue weighted by Crippen LogP contribution is -2.44. The van der Waals surface area contributed by atoms with Crippen LogP contribution in [0.4, 0.5) is 17.2 Å². The first-order valence-electron chi connectivity index (χ1n) is 7.18. The van der Waals surface area contributed by atoms with Gasteiger partial charge in [-0.1, -0.05) is 6.07 Å². The Morgan fingerprint density at radius 1 is 1.13 bits per heavy atom. The summed E-state index contributed by atoms with van der Waals surface area (Å²) in [6, 6.07) is 8.29. The number of anilines is 3. The minimum Gasteiger partial charge on any atom is -0.341 e. The van der Waals surface area contributed by atoms with E-state index in [9.17, 15) is 14.4 Å². The zero-order valence-electron chi connectivity index (χ0n) is 13.6. The second-order valence-electron chi connectivity index (χ2n) is 6.22. The Morgan fingerprint density at radius 3 is 2.35 bits per heavy atom. The number of rotatable bonds is 3. The third kappa shape index (κ3) is 4.09. The van der Waals surface area contributed by atoms with E-state index >= 15 is 0 Å². The zero-order chi connectivity index (χ0) is 17.2. The third-order valence-corrected chi connectivity index (χ3v) is 3.07. The molecule has 0 spiro atoms. The van der Waals surface area contributed by atoms with E-state index in [1.165, 1.54) is 13.0 Å². The van der Waals surface area contributed by atoms with Crippen molar-refractivity contribution in [2.24, 2.45) is 0 Å². The predicted octanol–water partition coefficient (Wildman–Crippen LogP) is 1.99. The van der Waals surface area contributed by atoms with E-state index in [1.54, 1.807) is 45.0 Å². The highest BCUT2D eigenvalue weighted by atomic mass is 16.2. The van der Waals surface area contributed by atoms with Crippen LogP contribution in [0.3, 0.4) is 0 Å². The van der Waals surface area contributed by atoms with Crippen LogP contribution in [-0.2, 0) is 10.3 Å². The maximum absolute atomic E-state index is 12.2. The molecule has 1 amide bonds. The van der Waals surface area contributed by atoms with Crippen LogP contribution in [0.25, 0.3) is 0 Å². The summed E-state index contributed by atoms with van der Waals surface area (Å²) in [5.41, 5.74) is -0.214. The van der Waals surface area contributed by atoms with E-state index in [1.807, 2.05) is 0 Å². The highest BCUT2D eigenvalue weighted by Crippen LogP contribution is 2.18. The molecule has 1 aromatic carbocycles. The van der Waals surface area contributed by atoms with Crippen LogP contribution in [0.2, 0.25) is 0 Å². The summed E-state index contributed by atoms with van der Waals surface area (Å²) >= 11 is 0. The van der Waals surface area contributed by atoms with Crippen LogP contribution < -0.4 is 21.9 Å². The maximum atomic E-state index is 12.2. The van der Waals surface area contributed by atoms with Crippen molar-refractivity contribution in [1.29, 1.82) is 0 Å². The molecule has 0 aliphatic rings. The molecule has 0 aliphatic heterocycles. The average Bonchev–Trinajstić information content (AvgIpc) is 2.35. The Kier molecular flexibility index (Phi) is 4.40. The van der Waals surface area contributed by atoms with E-state index in [4.69, 9.17) is 0 Å². The molecule has 0 fully saturated rings. The van der Waals surface area contributed by atoms with E-state index < -0.39 is 11.2 Å². The number of benzene rings is 1. The van der Waals surface area contributed by atoms with Gasteiger partial charge in [-0.2, -0.15) is 0 Å². The summed E-state index contributed by atoms with van der Waals surface area (Å²) in [4.78, 5) is 38.0. The monoisotopic (exact) mass is 316 g/mol. The number of aromatic amines is 1. The van der Waals surface area contributed by atoms with Gasteiger partial charge in [-0.3, -0.25) is 19.1 Å². The molecule has 7 nitrogen and oxygen atoms in total. The molecular weight excluding hydrogens is 296 g/mol. The van der Waals surface area contributed by atoms with Gasteiger partial charge in [-0.05, 0) is 39.0 Å². The Hall–Kier alpha value is -2.83. The van der Waals surface area contributed by atoms with Crippen molar-refractivity contribution in [3.8, 4) is 0 Å². The highest BCUT2D eigenvalue weighted by Gasteiger charge is 2.18. The molecule has 0 radical (unpaired) electrons. The predicted molar refractivity (Wildman–Crippen MR) is 90.3 cm³/mol. The highest BCUT2D eigenvalue weighted by molar-refractivity contribution is 5.89. The SMILES string of the molecule is CC(=O)Nc1cccc(Nc2cc(=O)n(C(C)(C)C)c(=O)[nH]2)c1. The van der Waals surface area contributed by atoms with Crippen molar-refractivity contribution in [1.82, 2.24) is 9.55 Å². The molecule has 1 aromatic heterocycles. The van der Waals surface area contributed by atoms with Gasteiger partial charge in [-0.15, -0.1) is 0 Å². The van der Waals surface area contributed by atoms with Gasteiger partial charge in [0.25, 0.3) is 5.56 Å². The van der Waals surface area contributed by atoms with Crippen molar-refractivity contribution < 1.29 is 4.79 Å². The molecule has 7 heteroatoms. The largest absolute Gasteiger partial charge is 0.341 e. The summed E-state index contributed by atoms with van der Waals surface area (Å²) in [5.74, 6) is 0.115. The number of H-pyrrole nitrogens is 1. The second-order valence-corrected chi connectivity index (χ2v) is 6.22. The van der Waals surface area contributed by atoms with Crippen LogP contribution >= 0.6 is 0 Å². The summed E-state index contributed by atoms with van der Waals surface area (Å²) in [7, 11) is 0. The molecule has 122 valence electrons. The lowest BCUT2D eigenvalue weighted by molar-refractivity contribution is -0.114. The fourth-order valence-electron chi connectivity index (χ4n) is 2.23. The minimum absolute atomic E-state index is 0.177. The lowest BCUT2D eigenvalue weighted by Gasteiger charge is -2.21. The third-order valence-electron chi connectivity index (χ3n) is 3.07. The minimum atomic E-state index is -0.603. The molecule has 1 heterocycles. The number of aromatic nitrogens is 2. The number of carbonyl (C=O) groups is 1. The average molecular weight is 316 g/mol. The summed E-state index contributed by atoms with van der Waals surface area (Å²) in [6.07, 6.45) is 0. The van der Waals surface area contributed by atoms with Crippen molar-refractivity contribution in [2.75, 3.05) is 10.6 Å². The molecule has 0 atom stereocenters. The summed E-state index contributed by atoms with van der Waals surface area (Å²) < 4.78 is 1.16. The second kappa shape index (κ2) is 6.12. The summed E-state index contributed by atoms with van der Waals surface area (Å²) in [6.45, 7) is 6.78. The van der Waals surface area contributed by atoms with Crippen molar-refractivity contribution in [3.63, 3.8) is 0 Å². The van der Waals surface area contributed by atoms with Crippen molar-refractivity contribution in [2.45, 2.75) is 33.2 Å². The van der Waals surface area contributed by atoms with Crippen LogP contribution in [0, 0.1) is 0 Å². The number of carbonyl (C=O) groups excluding carboxylic acids is 1. The standard InChI is InChI=1S/C16H20N4O3/c1-10(21)17-11-6-5-7-12(8-11)18-13-9-14(22)20(15(23)19-13)16(2,3)4/h5-9,18H,1-4H3,(H,17,21)(H,19,23). The zero-order valence-corrected chi connectivity index (χ0v) is 13.6. The molecule has 0 saturated carbocycles. The molecule has 23 heavy (non-hydrogen) atoms. The van der Waals surface area contributed by atoms with E-state index in [-0.39, 0.29) is 11.5 Å². The first kappa shape index (κ1) is 16.5. The first-order valence-corrected chi connectivity index (χ1v) is 7.18. The molecule has 2 rings (SSSR count). The molecular formula is C16H20N4O3. The van der Waals surface area contributed by atoms with Gasteiger partial charge in [0.15, 0.2) is 0 Å². The Bertz CT molecular complexity index is 812. The van der Waals surface area contributed by atoms with E-state index in [2.05, 4.69) is 15.6 Å². The quantitative estimate of drug-likeness (QED) is 0.807. The number of nitrogens with one attached hydrogen (secondary N) is 3. The van der Waals surface area contributed by atoms with Gasteiger partial charge in [0.1, 0.15) is 5.82 Å². The number of amides is 1. The Labute approximate surface area is 133 Å². The smallest absolute Gasteiger partial charge is 0.330 e. The Morgan fingerprint density at radius 2 is 1.78 bits per heavy atom. The molecule has 0 unspecified atom stereocenters. The van der Waals surface area contributed by atoms with Gasteiger partial charge in [-0.25, -0.2) is 4.79 Å². The van der Waals surface area contributed by atoms with Crippen molar-refractivity contribution in [3.05, 3.63) is 51.2 Å². The number of hydrogen-bond donors (Lipinski definition) is 3. The van der Waals surface area contributed by atoms with Crippen LogP contribution in [0.5, 0.6) is 0 Å². The van der Waals surface area contributed by atoms with Gasteiger partial charge < -0.3 is 10.6 Å². The number of hydrogen-bond acceptors (Lipinski definition) is 4. The fourth-order valence-corrected chi connectivity index (χ4v) is 2.23. The van der Waals surface area contributed by atoms with Crippen LogP contribution in [0.15, 0.2) is 39.9 Å². The summed E-state index contributed by atoms with van der Waals surface area (Å²) in [5, 5.41) is 5.62. The van der Waals surface area contributed by atoms with Crippen LogP contribution in [-0.4, -0.2) is 15.5 Å². The van der Waals surface area contributed by atoms with E-state index in [0.29, 0.717) is 17.2 Å². The van der Waals surface area contributed by atoms with E-state index in [0.717, 1.165) is 4.57 Å². The first-order chi connectivity index (χ1) is 10.7. The van der Waals surface area contributed by atoms with Gasteiger partial charge in [0.05, 0.1) is 0 Å². The molecule has 0 bridgehead atoms. The van der Waals surface area contributed by atoms with Crippen molar-refractivity contribution >= 4 is 23.1 Å². The molecule has 0 saturated heterocycles. The topological polar surface area (TPSA) is 96.0 Å². The fraction of sp³-hybridized carbons (Fsp3) is 0.312. The van der Waals surface area contributed by atoms with Gasteiger partial charge >= 0.3 is 5.69 Å². The normalized spacial score (nSPS) is 11.1. The van der Waals surface area contributed by atoms with Crippen LogP contribution in [0.1, 0.15) is 27.7 Å². The van der Waals surface area contributed by atoms with Gasteiger partial charge in [0, 0.05) is 29.9 Å². The number of nitrogens with zero attached hydrogens (tertiary/aromatic N) is 1. The molecule has 2 aromatic rings. The van der Waals surface area contributed by atoms with Gasteiger partial charge in [0.2, 0.25) is 5.91 Å². The maximum Gasteiger partial charge on any atom is 0.330 e. The Balaban J connectivity index is 2.33.